The summed E-state index contributed by atoms with van der Waals surface area (Å²) >= 11 is 0. The molecule has 1 aromatic carbocycles. The van der Waals surface area contributed by atoms with E-state index in [0.29, 0.717) is 5.92 Å². The highest BCUT2D eigenvalue weighted by Gasteiger charge is 2.13. The topological polar surface area (TPSA) is 48.9 Å². The van der Waals surface area contributed by atoms with Crippen molar-refractivity contribution in [3.8, 4) is 0 Å². The molecule has 1 heterocycles. The van der Waals surface area contributed by atoms with E-state index in [1.54, 1.807) is 0 Å². The van der Waals surface area contributed by atoms with Gasteiger partial charge in [0.1, 0.15) is 0 Å². The maximum atomic E-state index is 5.39. The average molecular weight is 446 g/mol. The van der Waals surface area contributed by atoms with Crippen LogP contribution in [0.5, 0.6) is 0 Å². The molecule has 1 aliphatic heterocycles. The number of rotatable bonds is 6. The Labute approximate surface area is 163 Å². The minimum absolute atomic E-state index is 0. The van der Waals surface area contributed by atoms with Crippen molar-refractivity contribution in [1.82, 2.24) is 15.5 Å². The number of guanidine groups is 1. The summed E-state index contributed by atoms with van der Waals surface area (Å²) < 4.78 is 5.39. The van der Waals surface area contributed by atoms with Crippen molar-refractivity contribution in [2.24, 2.45) is 10.9 Å². The lowest BCUT2D eigenvalue weighted by molar-refractivity contribution is 0.0320. The molecular formula is C18H31IN4O. The predicted molar refractivity (Wildman–Crippen MR) is 111 cm³/mol. The van der Waals surface area contributed by atoms with Crippen LogP contribution in [0.3, 0.4) is 0 Å². The van der Waals surface area contributed by atoms with E-state index in [0.717, 1.165) is 51.9 Å². The maximum absolute atomic E-state index is 5.39. The summed E-state index contributed by atoms with van der Waals surface area (Å²) in [5.74, 6) is 1.44. The molecule has 6 heteroatoms. The van der Waals surface area contributed by atoms with E-state index >= 15 is 0 Å². The van der Waals surface area contributed by atoms with Crippen LogP contribution in [0.25, 0.3) is 0 Å². The Kier molecular flexibility index (Phi) is 10.3. The predicted octanol–water partition coefficient (Wildman–Crippen LogP) is 2.25. The second-order valence-corrected chi connectivity index (χ2v) is 6.25. The Morgan fingerprint density at radius 1 is 1.25 bits per heavy atom. The third kappa shape index (κ3) is 7.36. The first kappa shape index (κ1) is 21.2. The maximum Gasteiger partial charge on any atom is 0.191 e. The zero-order valence-electron chi connectivity index (χ0n) is 15.0. The van der Waals surface area contributed by atoms with Gasteiger partial charge >= 0.3 is 0 Å². The Bertz CT molecular complexity index is 504. The number of nitrogens with zero attached hydrogens (tertiary/aromatic N) is 2. The first-order valence-corrected chi connectivity index (χ1v) is 8.48. The van der Waals surface area contributed by atoms with Crippen molar-refractivity contribution in [3.63, 3.8) is 0 Å². The van der Waals surface area contributed by atoms with E-state index in [1.807, 2.05) is 7.05 Å². The number of aliphatic imine (C=N–C) groups is 1. The summed E-state index contributed by atoms with van der Waals surface area (Å²) in [6, 6.07) is 8.43. The van der Waals surface area contributed by atoms with Crippen LogP contribution in [-0.4, -0.2) is 57.3 Å². The third-order valence-corrected chi connectivity index (χ3v) is 4.22. The number of hydrogen-bond acceptors (Lipinski definition) is 3. The zero-order chi connectivity index (χ0) is 16.5. The highest BCUT2D eigenvalue weighted by molar-refractivity contribution is 14.0. The summed E-state index contributed by atoms with van der Waals surface area (Å²) in [5, 5.41) is 6.82. The molecule has 1 aromatic rings. The van der Waals surface area contributed by atoms with Crippen LogP contribution < -0.4 is 10.6 Å². The summed E-state index contributed by atoms with van der Waals surface area (Å²) in [5.41, 5.74) is 2.60. The average Bonchev–Trinajstić information content (AvgIpc) is 2.57. The van der Waals surface area contributed by atoms with Crippen molar-refractivity contribution in [2.45, 2.75) is 20.4 Å². The van der Waals surface area contributed by atoms with Crippen molar-refractivity contribution < 1.29 is 4.74 Å². The highest BCUT2D eigenvalue weighted by atomic mass is 127. The third-order valence-electron chi connectivity index (χ3n) is 4.22. The van der Waals surface area contributed by atoms with Crippen LogP contribution in [0.1, 0.15) is 18.1 Å². The molecule has 0 amide bonds. The Balaban J connectivity index is 0.00000288. The SMILES string of the molecule is CN=C(NCc1ccccc1C)NCC(C)CN1CCOCC1.I. The van der Waals surface area contributed by atoms with Gasteiger partial charge in [0.15, 0.2) is 5.96 Å². The normalized spacial score (nSPS) is 17.0. The molecular weight excluding hydrogens is 415 g/mol. The van der Waals surface area contributed by atoms with E-state index in [2.05, 4.69) is 58.6 Å². The molecule has 1 aliphatic rings. The number of benzene rings is 1. The summed E-state index contributed by atoms with van der Waals surface area (Å²) in [7, 11) is 1.82. The van der Waals surface area contributed by atoms with E-state index in [1.165, 1.54) is 11.1 Å². The van der Waals surface area contributed by atoms with E-state index in [-0.39, 0.29) is 24.0 Å². The van der Waals surface area contributed by atoms with E-state index in [4.69, 9.17) is 4.74 Å². The quantitative estimate of drug-likeness (QED) is 0.400. The Morgan fingerprint density at radius 3 is 2.62 bits per heavy atom. The van der Waals surface area contributed by atoms with Gasteiger partial charge in [-0.15, -0.1) is 24.0 Å². The van der Waals surface area contributed by atoms with Gasteiger partial charge in [0, 0.05) is 39.8 Å². The fraction of sp³-hybridized carbons (Fsp3) is 0.611. The van der Waals surface area contributed by atoms with Crippen molar-refractivity contribution >= 4 is 29.9 Å². The van der Waals surface area contributed by atoms with Crippen LogP contribution in [0, 0.1) is 12.8 Å². The fourth-order valence-electron chi connectivity index (χ4n) is 2.77. The molecule has 0 saturated carbocycles. The molecule has 2 N–H and O–H groups in total. The van der Waals surface area contributed by atoms with Crippen LogP contribution in [0.15, 0.2) is 29.3 Å². The van der Waals surface area contributed by atoms with Crippen LogP contribution in [-0.2, 0) is 11.3 Å². The van der Waals surface area contributed by atoms with Crippen LogP contribution >= 0.6 is 24.0 Å². The zero-order valence-corrected chi connectivity index (χ0v) is 17.4. The number of ether oxygens (including phenoxy) is 1. The molecule has 1 unspecified atom stereocenters. The van der Waals surface area contributed by atoms with Gasteiger partial charge in [0.25, 0.3) is 0 Å². The van der Waals surface area contributed by atoms with Crippen molar-refractivity contribution in [3.05, 3.63) is 35.4 Å². The van der Waals surface area contributed by atoms with Gasteiger partial charge in [-0.3, -0.25) is 9.89 Å². The minimum Gasteiger partial charge on any atom is -0.379 e. The number of aryl methyl sites for hydroxylation is 1. The second-order valence-electron chi connectivity index (χ2n) is 6.25. The molecule has 1 atom stereocenters. The van der Waals surface area contributed by atoms with Gasteiger partial charge in [-0.2, -0.15) is 0 Å². The lowest BCUT2D eigenvalue weighted by Crippen LogP contribution is -2.43. The lowest BCUT2D eigenvalue weighted by Gasteiger charge is -2.29. The standard InChI is InChI=1S/C18H30N4O.HI/c1-15(14-22-8-10-23-11-9-22)12-20-18(19-3)21-13-17-7-5-4-6-16(17)2;/h4-7,15H,8-14H2,1-3H3,(H2,19,20,21);1H. The molecule has 0 radical (unpaired) electrons. The molecule has 1 fully saturated rings. The van der Waals surface area contributed by atoms with Crippen molar-refractivity contribution in [2.75, 3.05) is 46.4 Å². The number of halogens is 1. The van der Waals surface area contributed by atoms with Gasteiger partial charge in [0.2, 0.25) is 0 Å². The molecule has 0 spiro atoms. The molecule has 0 bridgehead atoms. The fourth-order valence-corrected chi connectivity index (χ4v) is 2.77. The summed E-state index contributed by atoms with van der Waals surface area (Å²) in [6.07, 6.45) is 0. The number of nitrogens with one attached hydrogen (secondary N) is 2. The largest absolute Gasteiger partial charge is 0.379 e. The molecule has 2 rings (SSSR count). The van der Waals surface area contributed by atoms with Gasteiger partial charge in [0.05, 0.1) is 13.2 Å². The first-order valence-electron chi connectivity index (χ1n) is 8.48. The van der Waals surface area contributed by atoms with Crippen LogP contribution in [0.4, 0.5) is 0 Å². The van der Waals surface area contributed by atoms with Gasteiger partial charge < -0.3 is 15.4 Å². The molecule has 1 saturated heterocycles. The Hall–Kier alpha value is -0.860. The summed E-state index contributed by atoms with van der Waals surface area (Å²) in [6.45, 7) is 11.0. The monoisotopic (exact) mass is 446 g/mol. The smallest absolute Gasteiger partial charge is 0.191 e. The highest BCUT2D eigenvalue weighted by Crippen LogP contribution is 2.06. The first-order chi connectivity index (χ1) is 11.2. The van der Waals surface area contributed by atoms with Crippen molar-refractivity contribution in [1.29, 1.82) is 0 Å². The molecule has 136 valence electrons. The number of hydrogen-bond donors (Lipinski definition) is 2. The second kappa shape index (κ2) is 11.7. The lowest BCUT2D eigenvalue weighted by atomic mass is 10.1. The number of morpholine rings is 1. The van der Waals surface area contributed by atoms with Crippen LogP contribution in [0.2, 0.25) is 0 Å². The Morgan fingerprint density at radius 2 is 1.96 bits per heavy atom. The molecule has 5 nitrogen and oxygen atoms in total. The van der Waals surface area contributed by atoms with Gasteiger partial charge in [-0.05, 0) is 24.0 Å². The van der Waals surface area contributed by atoms with Gasteiger partial charge in [-0.25, -0.2) is 0 Å². The minimum atomic E-state index is 0. The molecule has 0 aliphatic carbocycles. The molecule has 0 aromatic heterocycles. The van der Waals surface area contributed by atoms with E-state index in [9.17, 15) is 0 Å². The van der Waals surface area contributed by atoms with Gasteiger partial charge in [-0.1, -0.05) is 31.2 Å². The summed E-state index contributed by atoms with van der Waals surface area (Å²) in [4.78, 5) is 6.78. The molecule has 24 heavy (non-hydrogen) atoms. The van der Waals surface area contributed by atoms with E-state index < -0.39 is 0 Å².